The monoisotopic (exact) mass is 316 g/mol. The highest BCUT2D eigenvalue weighted by Gasteiger charge is 2.17. The number of hydrogen-bond donors (Lipinski definition) is 2. The highest BCUT2D eigenvalue weighted by molar-refractivity contribution is 5.95. The summed E-state index contributed by atoms with van der Waals surface area (Å²) in [5.74, 6) is -0.170. The Morgan fingerprint density at radius 1 is 1.09 bits per heavy atom. The average Bonchev–Trinajstić information content (AvgIpc) is 2.95. The summed E-state index contributed by atoms with van der Waals surface area (Å²) in [6.45, 7) is 2.01. The molecule has 0 saturated heterocycles. The second-order valence-electron chi connectivity index (χ2n) is 5.71. The van der Waals surface area contributed by atoms with Gasteiger partial charge in [-0.25, -0.2) is 0 Å². The van der Waals surface area contributed by atoms with Gasteiger partial charge in [0.1, 0.15) is 6.04 Å². The number of carbonyl (C=O) groups is 1. The van der Waals surface area contributed by atoms with Gasteiger partial charge in [-0.2, -0.15) is 0 Å². The van der Waals surface area contributed by atoms with Gasteiger partial charge in [-0.15, -0.1) is 12.4 Å². The van der Waals surface area contributed by atoms with Crippen LogP contribution in [0, 0.1) is 6.92 Å². The van der Waals surface area contributed by atoms with E-state index in [1.807, 2.05) is 37.3 Å². The van der Waals surface area contributed by atoms with Crippen LogP contribution in [-0.2, 0) is 17.6 Å². The van der Waals surface area contributed by atoms with Crippen molar-refractivity contribution >= 4 is 24.0 Å². The first kappa shape index (κ1) is 16.5. The van der Waals surface area contributed by atoms with E-state index in [1.54, 1.807) is 0 Å². The van der Waals surface area contributed by atoms with Crippen LogP contribution < -0.4 is 11.1 Å². The van der Waals surface area contributed by atoms with E-state index in [1.165, 1.54) is 17.5 Å². The van der Waals surface area contributed by atoms with E-state index in [0.717, 1.165) is 29.7 Å². The van der Waals surface area contributed by atoms with Gasteiger partial charge in [-0.1, -0.05) is 35.9 Å². The molecule has 0 radical (unpaired) electrons. The molecule has 2 aromatic rings. The molecule has 1 unspecified atom stereocenters. The number of nitrogens with two attached hydrogens (primary N) is 1. The lowest BCUT2D eigenvalue weighted by Crippen LogP contribution is -2.27. The van der Waals surface area contributed by atoms with E-state index in [-0.39, 0.29) is 18.3 Å². The first-order chi connectivity index (χ1) is 10.1. The van der Waals surface area contributed by atoms with Crippen LogP contribution in [0.15, 0.2) is 42.5 Å². The molecule has 3 rings (SSSR count). The fourth-order valence-corrected chi connectivity index (χ4v) is 2.79. The lowest BCUT2D eigenvalue weighted by molar-refractivity contribution is -0.117. The van der Waals surface area contributed by atoms with Crippen LogP contribution in [0.5, 0.6) is 0 Å². The van der Waals surface area contributed by atoms with Crippen molar-refractivity contribution in [2.24, 2.45) is 5.73 Å². The molecule has 1 amide bonds. The van der Waals surface area contributed by atoms with E-state index >= 15 is 0 Å². The number of hydrogen-bond acceptors (Lipinski definition) is 2. The van der Waals surface area contributed by atoms with Gasteiger partial charge in [0.15, 0.2) is 0 Å². The molecule has 0 bridgehead atoms. The molecule has 2 aromatic carbocycles. The van der Waals surface area contributed by atoms with E-state index < -0.39 is 6.04 Å². The number of carbonyl (C=O) groups excluding carboxylic acids is 1. The van der Waals surface area contributed by atoms with Crippen molar-refractivity contribution in [3.63, 3.8) is 0 Å². The standard InChI is InChI=1S/C18H20N2O.ClH/c1-12-5-7-14(8-6-12)17(19)18(21)20-16-10-9-13-3-2-4-15(13)11-16;/h5-11,17H,2-4,19H2,1H3,(H,20,21);1H. The summed E-state index contributed by atoms with van der Waals surface area (Å²) in [6.07, 6.45) is 3.45. The van der Waals surface area contributed by atoms with Crippen LogP contribution >= 0.6 is 12.4 Å². The number of benzene rings is 2. The average molecular weight is 317 g/mol. The third-order valence-corrected chi connectivity index (χ3v) is 4.08. The van der Waals surface area contributed by atoms with Gasteiger partial charge in [0.2, 0.25) is 5.91 Å². The zero-order valence-electron chi connectivity index (χ0n) is 12.6. The van der Waals surface area contributed by atoms with Crippen molar-refractivity contribution in [1.29, 1.82) is 0 Å². The Hall–Kier alpha value is -1.84. The minimum atomic E-state index is -0.640. The van der Waals surface area contributed by atoms with Gasteiger partial charge in [-0.05, 0) is 55.0 Å². The molecule has 3 nitrogen and oxygen atoms in total. The summed E-state index contributed by atoms with van der Waals surface area (Å²) >= 11 is 0. The highest BCUT2D eigenvalue weighted by atomic mass is 35.5. The molecule has 0 fully saturated rings. The summed E-state index contributed by atoms with van der Waals surface area (Å²) in [5, 5.41) is 2.92. The molecule has 22 heavy (non-hydrogen) atoms. The summed E-state index contributed by atoms with van der Waals surface area (Å²) in [4.78, 5) is 12.3. The predicted octanol–water partition coefficient (Wildman–Crippen LogP) is 3.54. The van der Waals surface area contributed by atoms with Gasteiger partial charge in [-0.3, -0.25) is 4.79 Å². The minimum absolute atomic E-state index is 0. The molecule has 3 N–H and O–H groups in total. The van der Waals surface area contributed by atoms with Gasteiger partial charge >= 0.3 is 0 Å². The zero-order valence-corrected chi connectivity index (χ0v) is 13.5. The summed E-state index contributed by atoms with van der Waals surface area (Å²) in [5.41, 5.74) is 11.6. The van der Waals surface area contributed by atoms with E-state index in [9.17, 15) is 4.79 Å². The second-order valence-corrected chi connectivity index (χ2v) is 5.71. The smallest absolute Gasteiger partial charge is 0.245 e. The predicted molar refractivity (Wildman–Crippen MR) is 92.5 cm³/mol. The molecule has 0 spiro atoms. The van der Waals surface area contributed by atoms with Crippen molar-refractivity contribution in [3.05, 3.63) is 64.7 Å². The van der Waals surface area contributed by atoms with Crippen LogP contribution in [0.25, 0.3) is 0 Å². The Morgan fingerprint density at radius 3 is 2.50 bits per heavy atom. The third-order valence-electron chi connectivity index (χ3n) is 4.08. The maximum Gasteiger partial charge on any atom is 0.245 e. The van der Waals surface area contributed by atoms with Crippen molar-refractivity contribution in [2.45, 2.75) is 32.2 Å². The first-order valence-electron chi connectivity index (χ1n) is 7.38. The maximum absolute atomic E-state index is 12.3. The van der Waals surface area contributed by atoms with Crippen molar-refractivity contribution in [2.75, 3.05) is 5.32 Å². The molecule has 4 heteroatoms. The molecule has 116 valence electrons. The molecular weight excluding hydrogens is 296 g/mol. The van der Waals surface area contributed by atoms with Gasteiger partial charge in [0.05, 0.1) is 0 Å². The number of rotatable bonds is 3. The number of aryl methyl sites for hydroxylation is 3. The van der Waals surface area contributed by atoms with Crippen LogP contribution in [0.1, 0.15) is 34.7 Å². The Kier molecular flexibility index (Phi) is 5.22. The summed E-state index contributed by atoms with van der Waals surface area (Å²) in [6, 6.07) is 13.3. The largest absolute Gasteiger partial charge is 0.324 e. The van der Waals surface area contributed by atoms with Gasteiger partial charge < -0.3 is 11.1 Å². The molecule has 0 aromatic heterocycles. The highest BCUT2D eigenvalue weighted by Crippen LogP contribution is 2.25. The molecule has 1 aliphatic carbocycles. The molecule has 1 aliphatic rings. The number of halogens is 1. The van der Waals surface area contributed by atoms with Crippen molar-refractivity contribution < 1.29 is 4.79 Å². The molecule has 0 saturated carbocycles. The number of nitrogens with one attached hydrogen (secondary N) is 1. The third kappa shape index (κ3) is 3.49. The van der Waals surface area contributed by atoms with Crippen LogP contribution in [0.4, 0.5) is 5.69 Å². The van der Waals surface area contributed by atoms with Crippen molar-refractivity contribution in [3.8, 4) is 0 Å². The minimum Gasteiger partial charge on any atom is -0.324 e. The zero-order chi connectivity index (χ0) is 14.8. The Labute approximate surface area is 137 Å². The summed E-state index contributed by atoms with van der Waals surface area (Å²) in [7, 11) is 0. The van der Waals surface area contributed by atoms with E-state index in [2.05, 4.69) is 17.4 Å². The molecule has 0 aliphatic heterocycles. The molecule has 0 heterocycles. The topological polar surface area (TPSA) is 55.1 Å². The lowest BCUT2D eigenvalue weighted by atomic mass is 10.0. The Morgan fingerprint density at radius 2 is 1.77 bits per heavy atom. The van der Waals surface area contributed by atoms with Gasteiger partial charge in [0.25, 0.3) is 0 Å². The number of amides is 1. The first-order valence-corrected chi connectivity index (χ1v) is 7.38. The Bertz CT molecular complexity index is 667. The maximum atomic E-state index is 12.3. The SMILES string of the molecule is Cc1ccc(C(N)C(=O)Nc2ccc3c(c2)CCC3)cc1.Cl. The van der Waals surface area contributed by atoms with Crippen LogP contribution in [0.3, 0.4) is 0 Å². The van der Waals surface area contributed by atoms with E-state index in [4.69, 9.17) is 5.73 Å². The van der Waals surface area contributed by atoms with Crippen LogP contribution in [-0.4, -0.2) is 5.91 Å². The summed E-state index contributed by atoms with van der Waals surface area (Å²) < 4.78 is 0. The second kappa shape index (κ2) is 6.95. The quantitative estimate of drug-likeness (QED) is 0.910. The normalized spacial score (nSPS) is 13.9. The van der Waals surface area contributed by atoms with E-state index in [0.29, 0.717) is 0 Å². The van der Waals surface area contributed by atoms with Gasteiger partial charge in [0, 0.05) is 5.69 Å². The number of fused-ring (bicyclic) bond motifs is 1. The number of anilines is 1. The molecule has 1 atom stereocenters. The van der Waals surface area contributed by atoms with Crippen molar-refractivity contribution in [1.82, 2.24) is 0 Å². The fraction of sp³-hybridized carbons (Fsp3) is 0.278. The lowest BCUT2D eigenvalue weighted by Gasteiger charge is -2.13. The molecular formula is C18H21ClN2O. The Balaban J connectivity index is 0.00000176. The fourth-order valence-electron chi connectivity index (χ4n) is 2.79. The van der Waals surface area contributed by atoms with Crippen LogP contribution in [0.2, 0.25) is 0 Å².